The highest BCUT2D eigenvalue weighted by Crippen LogP contribution is 2.23. The fourth-order valence-electron chi connectivity index (χ4n) is 3.07. The molecule has 0 bridgehead atoms. The zero-order valence-corrected chi connectivity index (χ0v) is 13.9. The Labute approximate surface area is 142 Å². The molecule has 1 aromatic rings. The standard InChI is InChI=1S/C18H26N2O4/c21-16(7-6-14-4-2-1-3-5-14)15-9-12-20(13-10-15)18(24)19-11-8-17(22)23/h1-5,15-16,21H,6-13H2,(H,19,24)(H,22,23). The maximum atomic E-state index is 11.9. The molecule has 0 spiro atoms. The van der Waals surface area contributed by atoms with Crippen LogP contribution >= 0.6 is 0 Å². The number of nitrogens with zero attached hydrogens (tertiary/aromatic N) is 1. The lowest BCUT2D eigenvalue weighted by atomic mass is 9.88. The molecule has 1 fully saturated rings. The summed E-state index contributed by atoms with van der Waals surface area (Å²) < 4.78 is 0. The molecule has 0 aliphatic carbocycles. The highest BCUT2D eigenvalue weighted by atomic mass is 16.4. The van der Waals surface area contributed by atoms with Crippen LogP contribution in [0.15, 0.2) is 30.3 Å². The molecule has 0 aromatic heterocycles. The molecule has 1 unspecified atom stereocenters. The molecule has 132 valence electrons. The Hall–Kier alpha value is -2.08. The Morgan fingerprint density at radius 1 is 1.21 bits per heavy atom. The van der Waals surface area contributed by atoms with E-state index in [1.807, 2.05) is 18.2 Å². The topological polar surface area (TPSA) is 89.9 Å². The molecule has 1 saturated heterocycles. The minimum absolute atomic E-state index is 0.0690. The molecule has 2 rings (SSSR count). The van der Waals surface area contributed by atoms with Crippen molar-refractivity contribution in [1.29, 1.82) is 0 Å². The number of likely N-dealkylation sites (tertiary alicyclic amines) is 1. The van der Waals surface area contributed by atoms with Crippen molar-refractivity contribution in [2.24, 2.45) is 5.92 Å². The molecule has 1 aromatic carbocycles. The minimum Gasteiger partial charge on any atom is -0.481 e. The van der Waals surface area contributed by atoms with E-state index in [9.17, 15) is 14.7 Å². The number of aliphatic hydroxyl groups is 1. The van der Waals surface area contributed by atoms with Gasteiger partial charge in [-0.25, -0.2) is 4.79 Å². The minimum atomic E-state index is -0.921. The highest BCUT2D eigenvalue weighted by molar-refractivity contribution is 5.75. The van der Waals surface area contributed by atoms with Crippen LogP contribution in [0.1, 0.15) is 31.2 Å². The Balaban J connectivity index is 1.67. The number of carbonyl (C=O) groups excluding carboxylic acids is 1. The van der Waals surface area contributed by atoms with Crippen molar-refractivity contribution in [1.82, 2.24) is 10.2 Å². The van der Waals surface area contributed by atoms with E-state index in [1.54, 1.807) is 4.90 Å². The summed E-state index contributed by atoms with van der Waals surface area (Å²) in [6, 6.07) is 9.91. The van der Waals surface area contributed by atoms with Crippen LogP contribution in [0.25, 0.3) is 0 Å². The van der Waals surface area contributed by atoms with Crippen molar-refractivity contribution in [3.63, 3.8) is 0 Å². The maximum absolute atomic E-state index is 11.9. The molecule has 6 nitrogen and oxygen atoms in total. The van der Waals surface area contributed by atoms with E-state index in [-0.39, 0.29) is 31.0 Å². The number of hydrogen-bond donors (Lipinski definition) is 3. The number of amides is 2. The molecule has 0 radical (unpaired) electrons. The van der Waals surface area contributed by atoms with Gasteiger partial charge < -0.3 is 20.4 Å². The Morgan fingerprint density at radius 2 is 1.88 bits per heavy atom. The fourth-order valence-corrected chi connectivity index (χ4v) is 3.07. The molecule has 3 N–H and O–H groups in total. The first-order chi connectivity index (χ1) is 11.6. The number of aryl methyl sites for hydroxylation is 1. The number of carbonyl (C=O) groups is 2. The molecule has 0 saturated carbocycles. The third kappa shape index (κ3) is 5.85. The zero-order valence-electron chi connectivity index (χ0n) is 13.9. The van der Waals surface area contributed by atoms with Crippen LogP contribution in [0.2, 0.25) is 0 Å². The van der Waals surface area contributed by atoms with Gasteiger partial charge in [0.1, 0.15) is 0 Å². The van der Waals surface area contributed by atoms with Crippen molar-refractivity contribution in [3.8, 4) is 0 Å². The van der Waals surface area contributed by atoms with Crippen molar-refractivity contribution < 1.29 is 19.8 Å². The number of aliphatic carboxylic acids is 1. The molecule has 1 aliphatic heterocycles. The van der Waals surface area contributed by atoms with Crippen molar-refractivity contribution in [2.75, 3.05) is 19.6 Å². The quantitative estimate of drug-likeness (QED) is 0.710. The van der Waals surface area contributed by atoms with Gasteiger partial charge in [-0.2, -0.15) is 0 Å². The first-order valence-corrected chi connectivity index (χ1v) is 8.53. The Bertz CT molecular complexity index is 527. The van der Waals surface area contributed by atoms with Gasteiger partial charge in [-0.3, -0.25) is 4.79 Å². The van der Waals surface area contributed by atoms with Gasteiger partial charge in [-0.05, 0) is 37.2 Å². The van der Waals surface area contributed by atoms with Gasteiger partial charge in [0.05, 0.1) is 12.5 Å². The van der Waals surface area contributed by atoms with Crippen LogP contribution in [0.5, 0.6) is 0 Å². The van der Waals surface area contributed by atoms with Crippen LogP contribution in [0.4, 0.5) is 4.79 Å². The van der Waals surface area contributed by atoms with Crippen molar-refractivity contribution >= 4 is 12.0 Å². The number of hydrogen-bond acceptors (Lipinski definition) is 3. The summed E-state index contributed by atoms with van der Waals surface area (Å²) >= 11 is 0. The first kappa shape index (κ1) is 18.3. The summed E-state index contributed by atoms with van der Waals surface area (Å²) in [6.07, 6.45) is 2.74. The lowest BCUT2D eigenvalue weighted by Crippen LogP contribution is -2.46. The number of carboxylic acids is 1. The number of nitrogens with one attached hydrogen (secondary N) is 1. The molecular formula is C18H26N2O4. The highest BCUT2D eigenvalue weighted by Gasteiger charge is 2.27. The lowest BCUT2D eigenvalue weighted by Gasteiger charge is -2.34. The van der Waals surface area contributed by atoms with Crippen LogP contribution in [-0.2, 0) is 11.2 Å². The normalized spacial score (nSPS) is 16.6. The molecule has 1 heterocycles. The van der Waals surface area contributed by atoms with E-state index in [2.05, 4.69) is 17.4 Å². The van der Waals surface area contributed by atoms with Gasteiger partial charge in [0.15, 0.2) is 0 Å². The third-order valence-electron chi connectivity index (χ3n) is 4.56. The van der Waals surface area contributed by atoms with E-state index in [4.69, 9.17) is 5.11 Å². The van der Waals surface area contributed by atoms with Gasteiger partial charge in [-0.15, -0.1) is 0 Å². The smallest absolute Gasteiger partial charge is 0.317 e. The van der Waals surface area contributed by atoms with Crippen LogP contribution in [0, 0.1) is 5.92 Å². The molecule has 6 heteroatoms. The fraction of sp³-hybridized carbons (Fsp3) is 0.556. The second-order valence-corrected chi connectivity index (χ2v) is 6.29. The SMILES string of the molecule is O=C(O)CCNC(=O)N1CCC(C(O)CCc2ccccc2)CC1. The first-order valence-electron chi connectivity index (χ1n) is 8.53. The van der Waals surface area contributed by atoms with Crippen molar-refractivity contribution in [3.05, 3.63) is 35.9 Å². The van der Waals surface area contributed by atoms with Crippen LogP contribution in [-0.4, -0.2) is 52.9 Å². The summed E-state index contributed by atoms with van der Waals surface area (Å²) in [5.41, 5.74) is 1.23. The number of carboxylic acid groups (broad SMARTS) is 1. The van der Waals surface area contributed by atoms with Crippen LogP contribution < -0.4 is 5.32 Å². The van der Waals surface area contributed by atoms with Gasteiger partial charge in [0.2, 0.25) is 0 Å². The third-order valence-corrected chi connectivity index (χ3v) is 4.56. The number of benzene rings is 1. The van der Waals surface area contributed by atoms with Gasteiger partial charge in [0.25, 0.3) is 0 Å². The lowest BCUT2D eigenvalue weighted by molar-refractivity contribution is -0.136. The van der Waals surface area contributed by atoms with Crippen LogP contribution in [0.3, 0.4) is 0 Å². The summed E-state index contributed by atoms with van der Waals surface area (Å²) in [7, 11) is 0. The summed E-state index contributed by atoms with van der Waals surface area (Å²) in [5, 5.41) is 21.6. The summed E-state index contributed by atoms with van der Waals surface area (Å²) in [6.45, 7) is 1.35. The zero-order chi connectivity index (χ0) is 17.4. The largest absolute Gasteiger partial charge is 0.481 e. The van der Waals surface area contributed by atoms with Gasteiger partial charge in [0, 0.05) is 19.6 Å². The predicted molar refractivity (Wildman–Crippen MR) is 90.7 cm³/mol. The Morgan fingerprint density at radius 3 is 2.50 bits per heavy atom. The van der Waals surface area contributed by atoms with Gasteiger partial charge >= 0.3 is 12.0 Å². The maximum Gasteiger partial charge on any atom is 0.317 e. The van der Waals surface area contributed by atoms with Crippen molar-refractivity contribution in [2.45, 2.75) is 38.2 Å². The van der Waals surface area contributed by atoms with Gasteiger partial charge in [-0.1, -0.05) is 30.3 Å². The summed E-state index contributed by atoms with van der Waals surface area (Å²) in [4.78, 5) is 24.1. The average Bonchev–Trinajstić information content (AvgIpc) is 2.60. The molecule has 1 atom stereocenters. The van der Waals surface area contributed by atoms with E-state index in [1.165, 1.54) is 5.56 Å². The molecule has 1 aliphatic rings. The van der Waals surface area contributed by atoms with E-state index < -0.39 is 5.97 Å². The number of piperidine rings is 1. The average molecular weight is 334 g/mol. The number of aliphatic hydroxyl groups excluding tert-OH is 1. The number of rotatable bonds is 7. The predicted octanol–water partition coefficient (Wildman–Crippen LogP) is 1.88. The monoisotopic (exact) mass is 334 g/mol. The second kappa shape index (κ2) is 9.27. The molecular weight excluding hydrogens is 308 g/mol. The molecule has 2 amide bonds. The molecule has 24 heavy (non-hydrogen) atoms. The van der Waals surface area contributed by atoms with E-state index in [0.717, 1.165) is 25.7 Å². The number of urea groups is 1. The van der Waals surface area contributed by atoms with E-state index >= 15 is 0 Å². The second-order valence-electron chi connectivity index (χ2n) is 6.29. The van der Waals surface area contributed by atoms with E-state index in [0.29, 0.717) is 13.1 Å². The Kier molecular flexibility index (Phi) is 7.06. The summed E-state index contributed by atoms with van der Waals surface area (Å²) in [5.74, 6) is -0.702.